The Morgan fingerprint density at radius 3 is 2.57 bits per heavy atom. The van der Waals surface area contributed by atoms with Gasteiger partial charge in [0.15, 0.2) is 11.0 Å². The van der Waals surface area contributed by atoms with Crippen LogP contribution in [-0.2, 0) is 12.5 Å². The highest BCUT2D eigenvalue weighted by Crippen LogP contribution is 2.24. The molecule has 74 valence electrons. The summed E-state index contributed by atoms with van der Waals surface area (Å²) in [6.45, 7) is 6.70. The molecule has 0 saturated carbocycles. The predicted molar refractivity (Wildman–Crippen MR) is 58.2 cm³/mol. The molecule has 0 bridgehead atoms. The number of fused-ring (bicyclic) bond motifs is 1. The van der Waals surface area contributed by atoms with Crippen LogP contribution in [-0.4, -0.2) is 4.98 Å². The smallest absolute Gasteiger partial charge is 0.242 e. The Kier molecular flexibility index (Phi) is 1.88. The van der Waals surface area contributed by atoms with Crippen LogP contribution in [0.1, 0.15) is 26.3 Å². The molecule has 0 aliphatic carbocycles. The van der Waals surface area contributed by atoms with E-state index in [-0.39, 0.29) is 5.41 Å². The highest BCUT2D eigenvalue weighted by molar-refractivity contribution is 5.72. The number of imidazole rings is 1. The van der Waals surface area contributed by atoms with Crippen molar-refractivity contribution in [2.75, 3.05) is 0 Å². The first-order valence-corrected chi connectivity index (χ1v) is 4.96. The number of benzene rings is 1. The first-order chi connectivity index (χ1) is 6.48. The fourth-order valence-corrected chi connectivity index (χ4v) is 1.66. The fourth-order valence-electron chi connectivity index (χ4n) is 1.66. The molecule has 2 heteroatoms. The van der Waals surface area contributed by atoms with Gasteiger partial charge in [0.1, 0.15) is 0 Å². The SMILES string of the molecule is C[n+]1c[nH]c2cc(C(C)(C)C)ccc21. The summed E-state index contributed by atoms with van der Waals surface area (Å²) in [7, 11) is 2.05. The van der Waals surface area contributed by atoms with Crippen molar-refractivity contribution in [2.24, 2.45) is 7.05 Å². The van der Waals surface area contributed by atoms with Gasteiger partial charge in [-0.1, -0.05) is 26.8 Å². The number of aromatic nitrogens is 2. The molecule has 1 aromatic carbocycles. The van der Waals surface area contributed by atoms with E-state index >= 15 is 0 Å². The molecule has 1 heterocycles. The number of H-pyrrole nitrogens is 1. The Hall–Kier alpha value is -1.31. The Balaban J connectivity index is 2.63. The summed E-state index contributed by atoms with van der Waals surface area (Å²) in [5.41, 5.74) is 4.04. The highest BCUT2D eigenvalue weighted by atomic mass is 15.0. The van der Waals surface area contributed by atoms with Gasteiger partial charge >= 0.3 is 0 Å². The second kappa shape index (κ2) is 2.84. The molecule has 0 fully saturated rings. The number of aryl methyl sites for hydroxylation is 1. The number of rotatable bonds is 0. The fraction of sp³-hybridized carbons (Fsp3) is 0.417. The summed E-state index contributed by atoms with van der Waals surface area (Å²) in [6, 6.07) is 6.61. The van der Waals surface area contributed by atoms with Crippen molar-refractivity contribution < 1.29 is 4.57 Å². The summed E-state index contributed by atoms with van der Waals surface area (Å²) in [6.07, 6.45) is 1.98. The molecular weight excluding hydrogens is 172 g/mol. The van der Waals surface area contributed by atoms with Crippen molar-refractivity contribution in [3.63, 3.8) is 0 Å². The minimum absolute atomic E-state index is 0.220. The number of nitrogens with one attached hydrogen (secondary N) is 1. The van der Waals surface area contributed by atoms with E-state index < -0.39 is 0 Å². The van der Waals surface area contributed by atoms with Crippen LogP contribution in [0.3, 0.4) is 0 Å². The zero-order valence-corrected chi connectivity index (χ0v) is 9.26. The van der Waals surface area contributed by atoms with Gasteiger partial charge in [-0.15, -0.1) is 0 Å². The van der Waals surface area contributed by atoms with Crippen molar-refractivity contribution >= 4 is 11.0 Å². The lowest BCUT2D eigenvalue weighted by Crippen LogP contribution is -2.24. The van der Waals surface area contributed by atoms with Crippen LogP contribution in [0.5, 0.6) is 0 Å². The maximum absolute atomic E-state index is 3.26. The maximum Gasteiger partial charge on any atom is 0.242 e. The van der Waals surface area contributed by atoms with E-state index in [0.717, 1.165) is 0 Å². The van der Waals surface area contributed by atoms with Crippen molar-refractivity contribution in [3.8, 4) is 0 Å². The van der Waals surface area contributed by atoms with Gasteiger partial charge < -0.3 is 0 Å². The molecule has 0 radical (unpaired) electrons. The van der Waals surface area contributed by atoms with Crippen molar-refractivity contribution in [2.45, 2.75) is 26.2 Å². The van der Waals surface area contributed by atoms with Gasteiger partial charge in [-0.3, -0.25) is 0 Å². The van der Waals surface area contributed by atoms with E-state index in [1.54, 1.807) is 0 Å². The van der Waals surface area contributed by atoms with Crippen molar-refractivity contribution in [1.82, 2.24) is 4.98 Å². The summed E-state index contributed by atoms with van der Waals surface area (Å²) in [5.74, 6) is 0. The Bertz CT molecular complexity index is 461. The van der Waals surface area contributed by atoms with E-state index in [1.165, 1.54) is 16.6 Å². The van der Waals surface area contributed by atoms with Gasteiger partial charge in [0.25, 0.3) is 0 Å². The Morgan fingerprint density at radius 1 is 1.21 bits per heavy atom. The number of hydrogen-bond donors (Lipinski definition) is 1. The minimum Gasteiger partial charge on any atom is -0.243 e. The second-order valence-corrected chi connectivity index (χ2v) is 4.87. The van der Waals surface area contributed by atoms with E-state index in [9.17, 15) is 0 Å². The van der Waals surface area contributed by atoms with E-state index in [2.05, 4.69) is 55.6 Å². The van der Waals surface area contributed by atoms with Gasteiger partial charge in [-0.2, -0.15) is 0 Å². The number of nitrogens with zero attached hydrogens (tertiary/aromatic N) is 1. The van der Waals surface area contributed by atoms with Gasteiger partial charge in [0, 0.05) is 0 Å². The van der Waals surface area contributed by atoms with Crippen LogP contribution in [0, 0.1) is 0 Å². The third-order valence-corrected chi connectivity index (χ3v) is 2.66. The molecule has 1 aromatic heterocycles. The average molecular weight is 189 g/mol. The quantitative estimate of drug-likeness (QED) is 0.613. The normalized spacial score (nSPS) is 12.3. The molecule has 2 rings (SSSR count). The molecule has 2 nitrogen and oxygen atoms in total. The third-order valence-electron chi connectivity index (χ3n) is 2.66. The summed E-state index contributed by atoms with van der Waals surface area (Å²) >= 11 is 0. The molecule has 14 heavy (non-hydrogen) atoms. The van der Waals surface area contributed by atoms with Crippen LogP contribution in [0.2, 0.25) is 0 Å². The molecule has 0 aliphatic rings. The van der Waals surface area contributed by atoms with Crippen LogP contribution >= 0.6 is 0 Å². The molecule has 0 aliphatic heterocycles. The lowest BCUT2D eigenvalue weighted by molar-refractivity contribution is -0.644. The zero-order chi connectivity index (χ0) is 10.3. The van der Waals surface area contributed by atoms with E-state index in [0.29, 0.717) is 0 Å². The summed E-state index contributed by atoms with van der Waals surface area (Å²) in [5, 5.41) is 0. The predicted octanol–water partition coefficient (Wildman–Crippen LogP) is 2.29. The molecule has 2 aromatic rings. The molecule has 0 unspecified atom stereocenters. The average Bonchev–Trinajstić information content (AvgIpc) is 2.46. The Morgan fingerprint density at radius 2 is 1.93 bits per heavy atom. The summed E-state index contributed by atoms with van der Waals surface area (Å²) < 4.78 is 2.10. The molecule has 0 spiro atoms. The minimum atomic E-state index is 0.220. The third kappa shape index (κ3) is 1.41. The van der Waals surface area contributed by atoms with Crippen LogP contribution in [0.4, 0.5) is 0 Å². The second-order valence-electron chi connectivity index (χ2n) is 4.87. The zero-order valence-electron chi connectivity index (χ0n) is 9.26. The first-order valence-electron chi connectivity index (χ1n) is 4.96. The number of aromatic amines is 1. The van der Waals surface area contributed by atoms with Crippen molar-refractivity contribution in [1.29, 1.82) is 0 Å². The van der Waals surface area contributed by atoms with Gasteiger partial charge in [0.05, 0.1) is 7.05 Å². The van der Waals surface area contributed by atoms with Gasteiger partial charge in [-0.05, 0) is 23.1 Å². The number of hydrogen-bond acceptors (Lipinski definition) is 0. The van der Waals surface area contributed by atoms with Gasteiger partial charge in [0.2, 0.25) is 6.33 Å². The monoisotopic (exact) mass is 189 g/mol. The van der Waals surface area contributed by atoms with Crippen LogP contribution in [0.25, 0.3) is 11.0 Å². The molecule has 0 amide bonds. The van der Waals surface area contributed by atoms with E-state index in [4.69, 9.17) is 0 Å². The van der Waals surface area contributed by atoms with Crippen LogP contribution < -0.4 is 4.57 Å². The first kappa shape index (κ1) is 9.25. The highest BCUT2D eigenvalue weighted by Gasteiger charge is 2.16. The summed E-state index contributed by atoms with van der Waals surface area (Å²) in [4.78, 5) is 3.26. The topological polar surface area (TPSA) is 19.7 Å². The molecule has 1 N–H and O–H groups in total. The molecular formula is C12H17N2+. The van der Waals surface area contributed by atoms with Crippen molar-refractivity contribution in [3.05, 3.63) is 30.1 Å². The van der Waals surface area contributed by atoms with Crippen LogP contribution in [0.15, 0.2) is 24.5 Å². The largest absolute Gasteiger partial charge is 0.243 e. The van der Waals surface area contributed by atoms with Gasteiger partial charge in [-0.25, -0.2) is 9.55 Å². The lowest BCUT2D eigenvalue weighted by atomic mass is 9.87. The lowest BCUT2D eigenvalue weighted by Gasteiger charge is -2.17. The maximum atomic E-state index is 3.26. The molecule has 0 saturated heterocycles. The van der Waals surface area contributed by atoms with E-state index in [1.807, 2.05) is 6.33 Å². The Labute approximate surface area is 84.6 Å². The molecule has 0 atom stereocenters. The standard InChI is InChI=1S/C12H16N2/c1-12(2,3)9-5-6-11-10(7-9)13-8-14(11)4/h5-8H,1-4H3/p+1.